The quantitative estimate of drug-likeness (QED) is 0.708. The van der Waals surface area contributed by atoms with E-state index in [1.54, 1.807) is 0 Å². The van der Waals surface area contributed by atoms with Crippen LogP contribution in [-0.4, -0.2) is 58.1 Å². The number of benzene rings is 1. The van der Waals surface area contributed by atoms with Crippen molar-refractivity contribution in [2.24, 2.45) is 0 Å². The number of hydrogen-bond acceptors (Lipinski definition) is 5. The Kier molecular flexibility index (Phi) is 4.84. The molecule has 6 nitrogen and oxygen atoms in total. The van der Waals surface area contributed by atoms with Gasteiger partial charge in [0.15, 0.2) is 0 Å². The minimum Gasteiger partial charge on any atom is -0.355 e. The molecule has 3 aromatic rings. The summed E-state index contributed by atoms with van der Waals surface area (Å²) in [5.74, 6) is 2.61. The lowest BCUT2D eigenvalue weighted by Gasteiger charge is -2.33. The summed E-state index contributed by atoms with van der Waals surface area (Å²) in [5.41, 5.74) is 1.91. The molecule has 136 valence electrons. The molecule has 4 rings (SSSR count). The van der Waals surface area contributed by atoms with Crippen LogP contribution in [0.4, 0.5) is 5.82 Å². The highest BCUT2D eigenvalue weighted by Gasteiger charge is 2.25. The van der Waals surface area contributed by atoms with Crippen molar-refractivity contribution in [2.75, 3.05) is 38.6 Å². The smallest absolute Gasteiger partial charge is 0.147 e. The maximum absolute atomic E-state index is 4.83. The predicted molar refractivity (Wildman–Crippen MR) is 105 cm³/mol. The van der Waals surface area contributed by atoms with E-state index in [-0.39, 0.29) is 0 Å². The highest BCUT2D eigenvalue weighted by atomic mass is 15.2. The maximum Gasteiger partial charge on any atom is 0.147 e. The third-order valence-electron chi connectivity index (χ3n) is 5.08. The van der Waals surface area contributed by atoms with E-state index in [1.165, 1.54) is 12.2 Å². The number of para-hydroxylation sites is 2. The zero-order valence-electron chi connectivity index (χ0n) is 15.5. The Labute approximate surface area is 154 Å². The molecule has 1 saturated heterocycles. The summed E-state index contributed by atoms with van der Waals surface area (Å²) in [4.78, 5) is 18.7. The van der Waals surface area contributed by atoms with Crippen molar-refractivity contribution in [1.82, 2.24) is 24.4 Å². The average molecular weight is 350 g/mol. The molecule has 3 heterocycles. The lowest BCUT2D eigenvalue weighted by Crippen LogP contribution is -2.36. The van der Waals surface area contributed by atoms with Crippen LogP contribution in [0.3, 0.4) is 0 Å². The fourth-order valence-electron chi connectivity index (χ4n) is 3.67. The molecule has 0 radical (unpaired) electrons. The van der Waals surface area contributed by atoms with Crippen LogP contribution < -0.4 is 4.90 Å². The Balaban J connectivity index is 1.53. The Bertz CT molecular complexity index is 871. The van der Waals surface area contributed by atoms with Crippen LogP contribution in [0, 0.1) is 0 Å². The SMILES string of the molecule is CN(C)CCn1ccnc1[C@@H]1CCCN(c2cnc3ccccc3n2)C1. The number of fused-ring (bicyclic) bond motifs is 1. The molecule has 0 saturated carbocycles. The van der Waals surface area contributed by atoms with Gasteiger partial charge in [0, 0.05) is 44.5 Å². The van der Waals surface area contributed by atoms with Gasteiger partial charge in [-0.05, 0) is 39.1 Å². The van der Waals surface area contributed by atoms with Crippen molar-refractivity contribution in [3.63, 3.8) is 0 Å². The second kappa shape index (κ2) is 7.41. The Morgan fingerprint density at radius 3 is 2.85 bits per heavy atom. The van der Waals surface area contributed by atoms with Crippen LogP contribution in [-0.2, 0) is 6.54 Å². The van der Waals surface area contributed by atoms with Crippen LogP contribution in [0.2, 0.25) is 0 Å². The number of imidazole rings is 1. The van der Waals surface area contributed by atoms with Crippen molar-refractivity contribution >= 4 is 16.9 Å². The van der Waals surface area contributed by atoms with E-state index >= 15 is 0 Å². The zero-order valence-corrected chi connectivity index (χ0v) is 15.5. The van der Waals surface area contributed by atoms with Gasteiger partial charge in [-0.15, -0.1) is 0 Å². The van der Waals surface area contributed by atoms with Gasteiger partial charge in [-0.1, -0.05) is 12.1 Å². The van der Waals surface area contributed by atoms with E-state index < -0.39 is 0 Å². The second-order valence-electron chi connectivity index (χ2n) is 7.28. The van der Waals surface area contributed by atoms with Gasteiger partial charge in [-0.3, -0.25) is 4.98 Å². The fraction of sp³-hybridized carbons (Fsp3) is 0.450. The molecule has 0 bridgehead atoms. The molecule has 1 fully saturated rings. The lowest BCUT2D eigenvalue weighted by atomic mass is 9.97. The minimum absolute atomic E-state index is 0.439. The van der Waals surface area contributed by atoms with Gasteiger partial charge in [0.1, 0.15) is 11.6 Å². The highest BCUT2D eigenvalue weighted by molar-refractivity contribution is 5.75. The molecule has 0 unspecified atom stereocenters. The third kappa shape index (κ3) is 3.55. The van der Waals surface area contributed by atoms with E-state index in [2.05, 4.69) is 44.6 Å². The molecule has 1 aliphatic heterocycles. The molecule has 1 atom stereocenters. The zero-order chi connectivity index (χ0) is 17.9. The van der Waals surface area contributed by atoms with Gasteiger partial charge in [0.05, 0.1) is 17.2 Å². The van der Waals surface area contributed by atoms with E-state index in [1.807, 2.05) is 36.7 Å². The van der Waals surface area contributed by atoms with Crippen LogP contribution in [0.25, 0.3) is 11.0 Å². The van der Waals surface area contributed by atoms with Crippen molar-refractivity contribution in [2.45, 2.75) is 25.3 Å². The fourth-order valence-corrected chi connectivity index (χ4v) is 3.67. The summed E-state index contributed by atoms with van der Waals surface area (Å²) in [6.45, 7) is 3.98. The molecular weight excluding hydrogens is 324 g/mol. The van der Waals surface area contributed by atoms with Crippen molar-refractivity contribution in [3.8, 4) is 0 Å². The van der Waals surface area contributed by atoms with Crippen LogP contribution >= 0.6 is 0 Å². The number of hydrogen-bond donors (Lipinski definition) is 0. The molecule has 0 amide bonds. The summed E-state index contributed by atoms with van der Waals surface area (Å²) in [6, 6.07) is 8.05. The van der Waals surface area contributed by atoms with Crippen molar-refractivity contribution < 1.29 is 0 Å². The standard InChI is InChI=1S/C20H26N6/c1-24(2)12-13-25-11-9-21-20(25)16-6-5-10-26(15-16)19-14-22-17-7-3-4-8-18(17)23-19/h3-4,7-9,11,14,16H,5-6,10,12-13,15H2,1-2H3/t16-/m1/s1. The summed E-state index contributed by atoms with van der Waals surface area (Å²) in [5, 5.41) is 0. The van der Waals surface area contributed by atoms with Crippen LogP contribution in [0.1, 0.15) is 24.6 Å². The van der Waals surface area contributed by atoms with E-state index in [9.17, 15) is 0 Å². The Morgan fingerprint density at radius 2 is 2.00 bits per heavy atom. The highest BCUT2D eigenvalue weighted by Crippen LogP contribution is 2.28. The lowest BCUT2D eigenvalue weighted by molar-refractivity contribution is 0.373. The molecular formula is C20H26N6. The summed E-state index contributed by atoms with van der Waals surface area (Å²) in [6.07, 6.45) is 8.27. The van der Waals surface area contributed by atoms with Crippen molar-refractivity contribution in [1.29, 1.82) is 0 Å². The monoisotopic (exact) mass is 350 g/mol. The Hall–Kier alpha value is -2.47. The van der Waals surface area contributed by atoms with E-state index in [0.29, 0.717) is 5.92 Å². The van der Waals surface area contributed by atoms with E-state index in [0.717, 1.165) is 49.5 Å². The summed E-state index contributed by atoms with van der Waals surface area (Å²) < 4.78 is 2.31. The van der Waals surface area contributed by atoms with Gasteiger partial charge < -0.3 is 14.4 Å². The number of anilines is 1. The van der Waals surface area contributed by atoms with Gasteiger partial charge in [-0.25, -0.2) is 9.97 Å². The first-order chi connectivity index (χ1) is 12.7. The van der Waals surface area contributed by atoms with Crippen LogP contribution in [0.5, 0.6) is 0 Å². The molecule has 2 aromatic heterocycles. The largest absolute Gasteiger partial charge is 0.355 e. The average Bonchev–Trinajstić information content (AvgIpc) is 3.15. The molecule has 1 aromatic carbocycles. The summed E-state index contributed by atoms with van der Waals surface area (Å²) >= 11 is 0. The molecule has 6 heteroatoms. The first-order valence-corrected chi connectivity index (χ1v) is 9.33. The molecule has 26 heavy (non-hydrogen) atoms. The van der Waals surface area contributed by atoms with Crippen LogP contribution in [0.15, 0.2) is 42.9 Å². The molecule has 0 aliphatic carbocycles. The number of likely N-dealkylation sites (N-methyl/N-ethyl adjacent to an activating group) is 1. The summed E-state index contributed by atoms with van der Waals surface area (Å²) in [7, 11) is 4.22. The van der Waals surface area contributed by atoms with Gasteiger partial charge >= 0.3 is 0 Å². The van der Waals surface area contributed by atoms with Crippen molar-refractivity contribution in [3.05, 3.63) is 48.7 Å². The number of nitrogens with zero attached hydrogens (tertiary/aromatic N) is 6. The maximum atomic E-state index is 4.83. The predicted octanol–water partition coefficient (Wildman–Crippen LogP) is 2.77. The molecule has 0 N–H and O–H groups in total. The van der Waals surface area contributed by atoms with Gasteiger partial charge in [0.2, 0.25) is 0 Å². The number of rotatable bonds is 5. The normalized spacial score (nSPS) is 18.0. The van der Waals surface area contributed by atoms with Gasteiger partial charge in [0.25, 0.3) is 0 Å². The van der Waals surface area contributed by atoms with Gasteiger partial charge in [-0.2, -0.15) is 0 Å². The van der Waals surface area contributed by atoms with E-state index in [4.69, 9.17) is 4.98 Å². The number of piperidine rings is 1. The Morgan fingerprint density at radius 1 is 1.15 bits per heavy atom. The topological polar surface area (TPSA) is 50.1 Å². The molecule has 0 spiro atoms. The minimum atomic E-state index is 0.439. The molecule has 1 aliphatic rings. The first-order valence-electron chi connectivity index (χ1n) is 9.33. The number of aromatic nitrogens is 4. The third-order valence-corrected chi connectivity index (χ3v) is 5.08. The first kappa shape index (κ1) is 17.0. The second-order valence-corrected chi connectivity index (χ2v) is 7.28.